The number of benzene rings is 3. The molecule has 1 saturated carbocycles. The van der Waals surface area contributed by atoms with Gasteiger partial charge >= 0.3 is 0 Å². The van der Waals surface area contributed by atoms with Crippen LogP contribution in [0.1, 0.15) is 57.1 Å². The van der Waals surface area contributed by atoms with E-state index in [4.69, 9.17) is 14.2 Å². The van der Waals surface area contributed by atoms with E-state index in [1.807, 2.05) is 0 Å². The Morgan fingerprint density at radius 3 is 2.00 bits per heavy atom. The molecule has 13 heteroatoms. The molecule has 256 valence electrons. The molecular formula is C34H45N3O9S. The summed E-state index contributed by atoms with van der Waals surface area (Å²) in [6.07, 6.45) is 2.27. The summed E-state index contributed by atoms with van der Waals surface area (Å²) in [5, 5.41) is 35.8. The molecule has 0 aromatic heterocycles. The predicted octanol–water partition coefficient (Wildman–Crippen LogP) is 5.51. The quantitative estimate of drug-likeness (QED) is 0.131. The van der Waals surface area contributed by atoms with Crippen LogP contribution in [0.5, 0.6) is 17.2 Å². The van der Waals surface area contributed by atoms with Crippen molar-refractivity contribution in [2.75, 3.05) is 32.7 Å². The molecule has 0 radical (unpaired) electrons. The van der Waals surface area contributed by atoms with Gasteiger partial charge in [0.1, 0.15) is 11.5 Å². The third-order valence-electron chi connectivity index (χ3n) is 8.47. The number of aliphatic hydroxyl groups is 2. The van der Waals surface area contributed by atoms with E-state index in [-0.39, 0.29) is 48.4 Å². The second-order valence-corrected chi connectivity index (χ2v) is 14.3. The average Bonchev–Trinajstić information content (AvgIpc) is 3.04. The minimum Gasteiger partial charge on any atom is -0.497 e. The van der Waals surface area contributed by atoms with E-state index in [2.05, 4.69) is 5.32 Å². The van der Waals surface area contributed by atoms with Crippen LogP contribution in [-0.2, 0) is 23.1 Å². The summed E-state index contributed by atoms with van der Waals surface area (Å²) in [6.45, 7) is 3.77. The van der Waals surface area contributed by atoms with Crippen molar-refractivity contribution in [1.29, 1.82) is 0 Å². The smallest absolute Gasteiger partial charge is 0.297 e. The summed E-state index contributed by atoms with van der Waals surface area (Å²) in [5.74, 6) is 1.41. The number of nitrogens with zero attached hydrogens (tertiary/aromatic N) is 2. The normalized spacial score (nSPS) is 18.8. The summed E-state index contributed by atoms with van der Waals surface area (Å²) in [6, 6.07) is 16.4. The van der Waals surface area contributed by atoms with E-state index < -0.39 is 32.3 Å². The van der Waals surface area contributed by atoms with Gasteiger partial charge in [0.05, 0.1) is 42.4 Å². The molecule has 3 aromatic rings. The number of sulfonamides is 1. The molecule has 3 aromatic carbocycles. The van der Waals surface area contributed by atoms with E-state index in [0.29, 0.717) is 42.0 Å². The lowest BCUT2D eigenvalue weighted by Gasteiger charge is -2.33. The van der Waals surface area contributed by atoms with Gasteiger partial charge in [-0.1, -0.05) is 24.3 Å². The monoisotopic (exact) mass is 671 g/mol. The molecule has 1 aliphatic rings. The largest absolute Gasteiger partial charge is 0.497 e. The van der Waals surface area contributed by atoms with Gasteiger partial charge in [-0.25, -0.2) is 8.42 Å². The molecule has 0 heterocycles. The molecule has 0 saturated heterocycles. The fourth-order valence-corrected chi connectivity index (χ4v) is 6.95. The zero-order valence-electron chi connectivity index (χ0n) is 27.3. The molecule has 0 bridgehead atoms. The number of rotatable bonds is 16. The Balaban J connectivity index is 1.73. The fraction of sp³-hybridized carbons (Fsp3) is 0.471. The highest BCUT2D eigenvalue weighted by atomic mass is 32.2. The standard InChI is InChI=1S/C34H45N3O9S/c1-24(38)15-18-46-32-20-30(19-31(37(40)41)33(32)35-21-25-13-16-34(2,39)17-14-25)47(42,43)36(22-26-5-9-28(44-3)10-6-26)23-27-7-11-29(45-4)12-8-27/h5-12,19-20,24-25,35,38-39H,13-18,21-23H2,1-4H3. The lowest BCUT2D eigenvalue weighted by Crippen LogP contribution is -2.32. The van der Waals surface area contributed by atoms with Crippen LogP contribution >= 0.6 is 0 Å². The molecule has 0 amide bonds. The van der Waals surface area contributed by atoms with Crippen LogP contribution in [0.2, 0.25) is 0 Å². The zero-order chi connectivity index (χ0) is 34.2. The number of hydrogen-bond donors (Lipinski definition) is 3. The number of hydrogen-bond acceptors (Lipinski definition) is 10. The Hall–Kier alpha value is -3.91. The molecule has 1 atom stereocenters. The van der Waals surface area contributed by atoms with Gasteiger partial charge in [0.15, 0.2) is 11.4 Å². The maximum atomic E-state index is 14.4. The second kappa shape index (κ2) is 15.8. The Morgan fingerprint density at radius 2 is 1.53 bits per heavy atom. The SMILES string of the molecule is COc1ccc(CN(Cc2ccc(OC)cc2)S(=O)(=O)c2cc(OCCC(C)O)c(NCC3CCC(C)(O)CC3)c([N+](=O)[O-])c2)cc1. The Kier molecular flexibility index (Phi) is 12.1. The highest BCUT2D eigenvalue weighted by Crippen LogP contribution is 2.40. The highest BCUT2D eigenvalue weighted by molar-refractivity contribution is 7.89. The molecule has 1 unspecified atom stereocenters. The lowest BCUT2D eigenvalue weighted by atomic mass is 9.80. The van der Waals surface area contributed by atoms with Crippen LogP contribution in [0.4, 0.5) is 11.4 Å². The maximum Gasteiger partial charge on any atom is 0.297 e. The number of methoxy groups -OCH3 is 2. The summed E-state index contributed by atoms with van der Waals surface area (Å²) in [7, 11) is -1.25. The van der Waals surface area contributed by atoms with Crippen LogP contribution < -0.4 is 19.5 Å². The predicted molar refractivity (Wildman–Crippen MR) is 178 cm³/mol. The fourth-order valence-electron chi connectivity index (χ4n) is 5.49. The van der Waals surface area contributed by atoms with Gasteiger partial charge in [-0.05, 0) is 80.8 Å². The van der Waals surface area contributed by atoms with Crippen molar-refractivity contribution in [2.45, 2.75) is 75.6 Å². The summed E-state index contributed by atoms with van der Waals surface area (Å²) in [5.41, 5.74) is 0.298. The number of nitro benzene ring substituents is 1. The summed E-state index contributed by atoms with van der Waals surface area (Å²) < 4.78 is 46.5. The van der Waals surface area contributed by atoms with E-state index in [0.717, 1.165) is 18.9 Å². The number of aliphatic hydroxyl groups excluding tert-OH is 1. The van der Waals surface area contributed by atoms with Gasteiger partial charge in [-0.15, -0.1) is 0 Å². The number of anilines is 1. The molecule has 4 rings (SSSR count). The van der Waals surface area contributed by atoms with Gasteiger partial charge in [0, 0.05) is 38.2 Å². The first kappa shape index (κ1) is 35.9. The first-order valence-electron chi connectivity index (χ1n) is 15.7. The Bertz CT molecular complexity index is 1530. The van der Waals surface area contributed by atoms with Crippen LogP contribution in [0.15, 0.2) is 65.6 Å². The zero-order valence-corrected chi connectivity index (χ0v) is 28.2. The molecule has 12 nitrogen and oxygen atoms in total. The van der Waals surface area contributed by atoms with E-state index in [1.54, 1.807) is 76.6 Å². The maximum absolute atomic E-state index is 14.4. The molecule has 1 fully saturated rings. The van der Waals surface area contributed by atoms with Crippen molar-refractivity contribution < 1.29 is 37.8 Å². The molecule has 0 spiro atoms. The van der Waals surface area contributed by atoms with Crippen LogP contribution in [-0.4, -0.2) is 66.9 Å². The third-order valence-corrected chi connectivity index (χ3v) is 10.2. The van der Waals surface area contributed by atoms with Gasteiger partial charge in [-0.3, -0.25) is 10.1 Å². The average molecular weight is 672 g/mol. The van der Waals surface area contributed by atoms with E-state index in [1.165, 1.54) is 10.4 Å². The van der Waals surface area contributed by atoms with Crippen molar-refractivity contribution in [3.63, 3.8) is 0 Å². The first-order valence-corrected chi connectivity index (χ1v) is 17.1. The van der Waals surface area contributed by atoms with Crippen LogP contribution in [0, 0.1) is 16.0 Å². The lowest BCUT2D eigenvalue weighted by molar-refractivity contribution is -0.384. The summed E-state index contributed by atoms with van der Waals surface area (Å²) in [4.78, 5) is 11.5. The van der Waals surface area contributed by atoms with Gasteiger partial charge in [-0.2, -0.15) is 4.31 Å². The first-order chi connectivity index (χ1) is 22.3. The van der Waals surface area contributed by atoms with E-state index >= 15 is 0 Å². The molecule has 47 heavy (non-hydrogen) atoms. The minimum atomic E-state index is -4.33. The van der Waals surface area contributed by atoms with Crippen molar-refractivity contribution in [3.8, 4) is 17.2 Å². The third kappa shape index (κ3) is 9.80. The molecule has 3 N–H and O–H groups in total. The van der Waals surface area contributed by atoms with Gasteiger partial charge in [0.2, 0.25) is 10.0 Å². The van der Waals surface area contributed by atoms with Crippen molar-refractivity contribution in [2.24, 2.45) is 5.92 Å². The Labute approximate surface area is 276 Å². The molecular weight excluding hydrogens is 626 g/mol. The summed E-state index contributed by atoms with van der Waals surface area (Å²) >= 11 is 0. The van der Waals surface area contributed by atoms with Crippen LogP contribution in [0.3, 0.4) is 0 Å². The van der Waals surface area contributed by atoms with Crippen molar-refractivity contribution >= 4 is 21.4 Å². The number of nitro groups is 1. The van der Waals surface area contributed by atoms with Crippen molar-refractivity contribution in [3.05, 3.63) is 81.9 Å². The van der Waals surface area contributed by atoms with Crippen molar-refractivity contribution in [1.82, 2.24) is 4.31 Å². The second-order valence-electron chi connectivity index (χ2n) is 12.3. The number of nitrogens with one attached hydrogen (secondary N) is 1. The van der Waals surface area contributed by atoms with Crippen LogP contribution in [0.25, 0.3) is 0 Å². The topological polar surface area (TPSA) is 161 Å². The Morgan fingerprint density at radius 1 is 1.00 bits per heavy atom. The minimum absolute atomic E-state index is 0.00933. The van der Waals surface area contributed by atoms with Gasteiger partial charge < -0.3 is 29.7 Å². The molecule has 0 aliphatic heterocycles. The van der Waals surface area contributed by atoms with E-state index in [9.17, 15) is 28.7 Å². The van der Waals surface area contributed by atoms with Gasteiger partial charge in [0.25, 0.3) is 5.69 Å². The molecule has 1 aliphatic carbocycles. The highest BCUT2D eigenvalue weighted by Gasteiger charge is 2.33. The number of ether oxygens (including phenoxy) is 3.